The maximum Gasteiger partial charge on any atom is 0.239 e. The van der Waals surface area contributed by atoms with Gasteiger partial charge in [-0.2, -0.15) is 5.10 Å². The van der Waals surface area contributed by atoms with Gasteiger partial charge in [0.2, 0.25) is 5.91 Å². The molecule has 0 aliphatic rings. The van der Waals surface area contributed by atoms with Crippen LogP contribution in [0.15, 0.2) is 12.3 Å². The number of aromatic nitrogens is 2. The van der Waals surface area contributed by atoms with E-state index in [1.165, 1.54) is 0 Å². The molecule has 0 spiro atoms. The Hall–Kier alpha value is -0.840. The molecule has 4 nitrogen and oxygen atoms in total. The van der Waals surface area contributed by atoms with E-state index in [1.54, 1.807) is 30.9 Å². The minimum atomic E-state index is -0.188. The van der Waals surface area contributed by atoms with Crippen LogP contribution in [0.5, 0.6) is 0 Å². The molecular weight excluding hydrogens is 222 g/mol. The summed E-state index contributed by atoms with van der Waals surface area (Å²) in [5.41, 5.74) is 0. The Labute approximate surface area is 79.1 Å². The molecule has 1 rings (SSSR count). The van der Waals surface area contributed by atoms with Crippen molar-refractivity contribution in [1.82, 2.24) is 9.78 Å². The number of nitrogens with zero attached hydrogens (tertiary/aromatic N) is 2. The Morgan fingerprint density at radius 3 is 2.92 bits per heavy atom. The fraction of sp³-hybridized carbons (Fsp3) is 0.429. The molecule has 1 amide bonds. The van der Waals surface area contributed by atoms with E-state index in [4.69, 9.17) is 0 Å². The van der Waals surface area contributed by atoms with E-state index >= 15 is 0 Å². The second kappa shape index (κ2) is 3.71. The predicted octanol–water partition coefficient (Wildman–Crippen LogP) is 1.14. The SMILES string of the molecule is C[C@H](Br)C(=O)Nc1ccnn1C. The van der Waals surface area contributed by atoms with Gasteiger partial charge in [0, 0.05) is 13.1 Å². The quantitative estimate of drug-likeness (QED) is 0.777. The smallest absolute Gasteiger partial charge is 0.239 e. The lowest BCUT2D eigenvalue weighted by Gasteiger charge is -2.05. The van der Waals surface area contributed by atoms with Gasteiger partial charge in [-0.05, 0) is 6.92 Å². The number of anilines is 1. The molecule has 0 saturated carbocycles. The maximum atomic E-state index is 11.2. The van der Waals surface area contributed by atoms with Crippen LogP contribution in [0.4, 0.5) is 5.82 Å². The first-order valence-electron chi connectivity index (χ1n) is 3.54. The zero-order chi connectivity index (χ0) is 9.14. The van der Waals surface area contributed by atoms with Crippen LogP contribution in [0.1, 0.15) is 6.92 Å². The van der Waals surface area contributed by atoms with Crippen LogP contribution in [0.2, 0.25) is 0 Å². The molecule has 0 fully saturated rings. The fourth-order valence-corrected chi connectivity index (χ4v) is 0.837. The highest BCUT2D eigenvalue weighted by atomic mass is 79.9. The summed E-state index contributed by atoms with van der Waals surface area (Å²) in [5.74, 6) is 0.630. The molecular formula is C7H10BrN3O. The Morgan fingerprint density at radius 1 is 1.83 bits per heavy atom. The molecule has 0 saturated heterocycles. The zero-order valence-electron chi connectivity index (χ0n) is 6.91. The molecule has 1 aromatic heterocycles. The molecule has 0 aliphatic heterocycles. The van der Waals surface area contributed by atoms with Gasteiger partial charge < -0.3 is 5.32 Å². The van der Waals surface area contributed by atoms with Gasteiger partial charge in [-0.1, -0.05) is 15.9 Å². The monoisotopic (exact) mass is 231 g/mol. The first-order valence-corrected chi connectivity index (χ1v) is 4.46. The van der Waals surface area contributed by atoms with Crippen molar-refractivity contribution in [2.75, 3.05) is 5.32 Å². The van der Waals surface area contributed by atoms with Crippen LogP contribution >= 0.6 is 15.9 Å². The number of hydrogen-bond acceptors (Lipinski definition) is 2. The predicted molar refractivity (Wildman–Crippen MR) is 50.2 cm³/mol. The average Bonchev–Trinajstić information content (AvgIpc) is 2.36. The van der Waals surface area contributed by atoms with E-state index in [0.29, 0.717) is 5.82 Å². The number of hydrogen-bond donors (Lipinski definition) is 1. The minimum absolute atomic E-state index is 0.0707. The van der Waals surface area contributed by atoms with Gasteiger partial charge in [0.15, 0.2) is 0 Å². The highest BCUT2D eigenvalue weighted by Gasteiger charge is 2.09. The molecule has 0 bridgehead atoms. The number of amides is 1. The average molecular weight is 232 g/mol. The van der Waals surface area contributed by atoms with Crippen molar-refractivity contribution >= 4 is 27.7 Å². The largest absolute Gasteiger partial charge is 0.310 e. The fourth-order valence-electron chi connectivity index (χ4n) is 0.722. The number of nitrogens with one attached hydrogen (secondary N) is 1. The van der Waals surface area contributed by atoms with E-state index in [9.17, 15) is 4.79 Å². The summed E-state index contributed by atoms with van der Waals surface area (Å²) in [4.78, 5) is 11.0. The van der Waals surface area contributed by atoms with E-state index in [2.05, 4.69) is 26.3 Å². The van der Waals surface area contributed by atoms with Crippen LogP contribution < -0.4 is 5.32 Å². The van der Waals surface area contributed by atoms with Crippen molar-refractivity contribution in [3.8, 4) is 0 Å². The van der Waals surface area contributed by atoms with Gasteiger partial charge in [0.1, 0.15) is 5.82 Å². The summed E-state index contributed by atoms with van der Waals surface area (Å²) in [7, 11) is 1.77. The van der Waals surface area contributed by atoms with Crippen LogP contribution in [-0.2, 0) is 11.8 Å². The number of alkyl halides is 1. The molecule has 0 unspecified atom stereocenters. The highest BCUT2D eigenvalue weighted by Crippen LogP contribution is 2.06. The van der Waals surface area contributed by atoms with Crippen molar-refractivity contribution in [2.45, 2.75) is 11.8 Å². The van der Waals surface area contributed by atoms with Crippen molar-refractivity contribution in [2.24, 2.45) is 7.05 Å². The zero-order valence-corrected chi connectivity index (χ0v) is 8.50. The Bertz CT molecular complexity index is 282. The number of rotatable bonds is 2. The summed E-state index contributed by atoms with van der Waals surface area (Å²) in [6, 6.07) is 1.74. The van der Waals surface area contributed by atoms with Crippen LogP contribution in [0, 0.1) is 0 Å². The maximum absolute atomic E-state index is 11.2. The van der Waals surface area contributed by atoms with Gasteiger partial charge >= 0.3 is 0 Å². The number of carbonyl (C=O) groups is 1. The van der Waals surface area contributed by atoms with E-state index in [0.717, 1.165) is 0 Å². The Morgan fingerprint density at radius 2 is 2.50 bits per heavy atom. The lowest BCUT2D eigenvalue weighted by molar-refractivity contribution is -0.115. The molecule has 12 heavy (non-hydrogen) atoms. The second-order valence-electron chi connectivity index (χ2n) is 2.45. The first kappa shape index (κ1) is 9.25. The van der Waals surface area contributed by atoms with Crippen LogP contribution in [-0.4, -0.2) is 20.5 Å². The van der Waals surface area contributed by atoms with Crippen molar-refractivity contribution < 1.29 is 4.79 Å². The van der Waals surface area contributed by atoms with Crippen molar-refractivity contribution in [1.29, 1.82) is 0 Å². The standard InChI is InChI=1S/C7H10BrN3O/c1-5(8)7(12)10-6-3-4-9-11(6)2/h3-5H,1-2H3,(H,10,12)/t5-/m0/s1. The van der Waals surface area contributed by atoms with Gasteiger partial charge in [0.05, 0.1) is 11.0 Å². The molecule has 66 valence electrons. The van der Waals surface area contributed by atoms with Gasteiger partial charge in [-0.25, -0.2) is 0 Å². The van der Waals surface area contributed by atoms with E-state index in [1.807, 2.05) is 0 Å². The van der Waals surface area contributed by atoms with E-state index in [-0.39, 0.29) is 10.7 Å². The summed E-state index contributed by atoms with van der Waals surface area (Å²) in [5, 5.41) is 6.62. The van der Waals surface area contributed by atoms with Crippen molar-refractivity contribution in [3.05, 3.63) is 12.3 Å². The van der Waals surface area contributed by atoms with Crippen LogP contribution in [0.25, 0.3) is 0 Å². The Kier molecular flexibility index (Phi) is 2.86. The number of aryl methyl sites for hydroxylation is 1. The molecule has 0 aliphatic carbocycles. The molecule has 0 radical (unpaired) electrons. The number of carbonyl (C=O) groups excluding carboxylic acids is 1. The summed E-state index contributed by atoms with van der Waals surface area (Å²) in [6.07, 6.45) is 1.63. The second-order valence-corrected chi connectivity index (χ2v) is 3.82. The lowest BCUT2D eigenvalue weighted by atomic mass is 10.4. The van der Waals surface area contributed by atoms with Crippen LogP contribution in [0.3, 0.4) is 0 Å². The Balaban J connectivity index is 2.64. The van der Waals surface area contributed by atoms with Gasteiger partial charge in [0.25, 0.3) is 0 Å². The third-order valence-corrected chi connectivity index (χ3v) is 1.85. The number of halogens is 1. The molecule has 5 heteroatoms. The molecule has 1 heterocycles. The normalized spacial score (nSPS) is 12.6. The third-order valence-electron chi connectivity index (χ3n) is 1.43. The van der Waals surface area contributed by atoms with Gasteiger partial charge in [-0.15, -0.1) is 0 Å². The first-order chi connectivity index (χ1) is 5.61. The lowest BCUT2D eigenvalue weighted by Crippen LogP contribution is -2.21. The highest BCUT2D eigenvalue weighted by molar-refractivity contribution is 9.10. The molecule has 1 aromatic rings. The summed E-state index contributed by atoms with van der Waals surface area (Å²) in [6.45, 7) is 1.77. The molecule has 0 aromatic carbocycles. The summed E-state index contributed by atoms with van der Waals surface area (Å²) < 4.78 is 1.60. The third kappa shape index (κ3) is 2.07. The minimum Gasteiger partial charge on any atom is -0.310 e. The molecule has 1 N–H and O–H groups in total. The van der Waals surface area contributed by atoms with Gasteiger partial charge in [-0.3, -0.25) is 9.48 Å². The molecule has 1 atom stereocenters. The summed E-state index contributed by atoms with van der Waals surface area (Å²) >= 11 is 3.17. The topological polar surface area (TPSA) is 46.9 Å². The van der Waals surface area contributed by atoms with E-state index < -0.39 is 0 Å². The van der Waals surface area contributed by atoms with Crippen molar-refractivity contribution in [3.63, 3.8) is 0 Å².